The number of benzene rings is 2. The zero-order valence-corrected chi connectivity index (χ0v) is 21.3. The van der Waals surface area contributed by atoms with Gasteiger partial charge in [-0.3, -0.25) is 14.0 Å². The van der Waals surface area contributed by atoms with Gasteiger partial charge >= 0.3 is 5.97 Å². The third-order valence-corrected chi connectivity index (χ3v) is 6.14. The van der Waals surface area contributed by atoms with Crippen molar-refractivity contribution in [3.63, 3.8) is 0 Å². The first-order valence-corrected chi connectivity index (χ1v) is 12.3. The van der Waals surface area contributed by atoms with E-state index in [9.17, 15) is 14.4 Å². The van der Waals surface area contributed by atoms with Crippen LogP contribution in [0.15, 0.2) is 88.8 Å². The number of nitrogens with zero attached hydrogens (tertiary/aromatic N) is 4. The molecule has 0 saturated heterocycles. The predicted molar refractivity (Wildman–Crippen MR) is 144 cm³/mol. The van der Waals surface area contributed by atoms with Crippen LogP contribution in [0.4, 0.5) is 0 Å². The molecule has 8 nitrogen and oxygen atoms in total. The lowest BCUT2D eigenvalue weighted by Gasteiger charge is -2.15. The van der Waals surface area contributed by atoms with Crippen molar-refractivity contribution >= 4 is 28.6 Å². The molecular formula is C30H26N4O4. The van der Waals surface area contributed by atoms with Gasteiger partial charge in [0.15, 0.2) is 5.49 Å². The van der Waals surface area contributed by atoms with E-state index in [1.54, 1.807) is 48.0 Å². The van der Waals surface area contributed by atoms with Crippen LogP contribution < -0.4 is 11.0 Å². The van der Waals surface area contributed by atoms with E-state index in [0.717, 1.165) is 16.7 Å². The number of aromatic nitrogens is 3. The van der Waals surface area contributed by atoms with Crippen molar-refractivity contribution in [2.45, 2.75) is 27.3 Å². The highest BCUT2D eigenvalue weighted by Crippen LogP contribution is 2.15. The van der Waals surface area contributed by atoms with Gasteiger partial charge in [0.25, 0.3) is 11.5 Å². The number of esters is 1. The Hall–Kier alpha value is -4.85. The Bertz CT molecular complexity index is 1820. The van der Waals surface area contributed by atoms with Crippen LogP contribution in [0.3, 0.4) is 0 Å². The molecule has 0 saturated carbocycles. The second-order valence-electron chi connectivity index (χ2n) is 9.05. The van der Waals surface area contributed by atoms with E-state index in [-0.39, 0.29) is 35.1 Å². The van der Waals surface area contributed by atoms with Crippen LogP contribution in [0.5, 0.6) is 0 Å². The van der Waals surface area contributed by atoms with E-state index in [2.05, 4.69) is 4.99 Å². The van der Waals surface area contributed by atoms with Crippen LogP contribution in [0.2, 0.25) is 0 Å². The van der Waals surface area contributed by atoms with Crippen molar-refractivity contribution in [3.05, 3.63) is 123 Å². The summed E-state index contributed by atoms with van der Waals surface area (Å²) in [6, 6.07) is 21.7. The van der Waals surface area contributed by atoms with Gasteiger partial charge in [-0.2, -0.15) is 4.99 Å². The van der Waals surface area contributed by atoms with Crippen molar-refractivity contribution in [2.24, 2.45) is 4.99 Å². The zero-order chi connectivity index (χ0) is 26.8. The molecule has 0 aliphatic rings. The Labute approximate surface area is 218 Å². The van der Waals surface area contributed by atoms with E-state index in [4.69, 9.17) is 9.72 Å². The van der Waals surface area contributed by atoms with E-state index < -0.39 is 11.9 Å². The number of rotatable bonds is 5. The van der Waals surface area contributed by atoms with Gasteiger partial charge in [0.1, 0.15) is 16.9 Å². The highest BCUT2D eigenvalue weighted by atomic mass is 16.5. The summed E-state index contributed by atoms with van der Waals surface area (Å²) >= 11 is 0. The lowest BCUT2D eigenvalue weighted by atomic mass is 10.1. The quantitative estimate of drug-likeness (QED) is 0.263. The molecule has 5 aromatic rings. The van der Waals surface area contributed by atoms with Crippen molar-refractivity contribution in [1.82, 2.24) is 14.0 Å². The number of pyridine rings is 2. The SMILES string of the molecule is CCOC(=O)c1cc2c(=O)n3ccccc3nc2n(Cc2ccccc2)c1=NC(=O)c1cc(C)cc(C)c1. The van der Waals surface area contributed by atoms with Gasteiger partial charge in [-0.05, 0) is 56.7 Å². The molecule has 0 aliphatic heterocycles. The summed E-state index contributed by atoms with van der Waals surface area (Å²) in [5.74, 6) is -1.19. The Morgan fingerprint density at radius 3 is 2.37 bits per heavy atom. The van der Waals surface area contributed by atoms with Crippen molar-refractivity contribution < 1.29 is 14.3 Å². The number of hydrogen-bond acceptors (Lipinski definition) is 5. The fourth-order valence-corrected chi connectivity index (χ4v) is 4.53. The summed E-state index contributed by atoms with van der Waals surface area (Å²) in [6.07, 6.45) is 1.62. The summed E-state index contributed by atoms with van der Waals surface area (Å²) in [5, 5.41) is 0.213. The van der Waals surface area contributed by atoms with Crippen LogP contribution in [-0.2, 0) is 11.3 Å². The first-order valence-electron chi connectivity index (χ1n) is 12.3. The van der Waals surface area contributed by atoms with Crippen molar-refractivity contribution in [3.8, 4) is 0 Å². The second kappa shape index (κ2) is 10.3. The molecule has 5 rings (SSSR count). The van der Waals surface area contributed by atoms with E-state index >= 15 is 0 Å². The molecule has 0 fully saturated rings. The minimum atomic E-state index is -0.680. The zero-order valence-electron chi connectivity index (χ0n) is 21.3. The molecule has 0 atom stereocenters. The largest absolute Gasteiger partial charge is 0.462 e. The molecule has 1 amide bonds. The number of fused-ring (bicyclic) bond motifs is 2. The van der Waals surface area contributed by atoms with Gasteiger partial charge in [0, 0.05) is 11.8 Å². The fourth-order valence-electron chi connectivity index (χ4n) is 4.53. The van der Waals surface area contributed by atoms with Crippen molar-refractivity contribution in [2.75, 3.05) is 6.61 Å². The molecule has 0 N–H and O–H groups in total. The highest BCUT2D eigenvalue weighted by Gasteiger charge is 2.20. The van der Waals surface area contributed by atoms with Crippen LogP contribution >= 0.6 is 0 Å². The fraction of sp³-hybridized carbons (Fsp3) is 0.167. The minimum absolute atomic E-state index is 0.0165. The van der Waals surface area contributed by atoms with Gasteiger partial charge in [0.05, 0.1) is 18.5 Å². The average molecular weight is 507 g/mol. The Balaban J connectivity index is 1.90. The van der Waals surface area contributed by atoms with Gasteiger partial charge < -0.3 is 9.30 Å². The molecule has 8 heteroatoms. The summed E-state index contributed by atoms with van der Waals surface area (Å²) in [7, 11) is 0. The average Bonchev–Trinajstić information content (AvgIpc) is 2.90. The Morgan fingerprint density at radius 2 is 1.66 bits per heavy atom. The number of carbonyl (C=O) groups excluding carboxylic acids is 2. The molecule has 190 valence electrons. The second-order valence-corrected chi connectivity index (χ2v) is 9.05. The van der Waals surface area contributed by atoms with Crippen LogP contribution in [-0.4, -0.2) is 32.4 Å². The number of aryl methyl sites for hydroxylation is 2. The summed E-state index contributed by atoms with van der Waals surface area (Å²) in [6.45, 7) is 5.84. The molecule has 0 unspecified atom stereocenters. The van der Waals surface area contributed by atoms with Crippen molar-refractivity contribution in [1.29, 1.82) is 0 Å². The smallest absolute Gasteiger partial charge is 0.341 e. The monoisotopic (exact) mass is 506 g/mol. The molecule has 0 aliphatic carbocycles. The Kier molecular flexibility index (Phi) is 6.70. The maximum Gasteiger partial charge on any atom is 0.341 e. The first kappa shape index (κ1) is 24.8. The van der Waals surface area contributed by atoms with Crippen LogP contribution in [0.25, 0.3) is 16.7 Å². The van der Waals surface area contributed by atoms with Crippen LogP contribution in [0.1, 0.15) is 44.3 Å². The molecule has 3 aromatic heterocycles. The lowest BCUT2D eigenvalue weighted by molar-refractivity contribution is 0.0523. The predicted octanol–water partition coefficient (Wildman–Crippen LogP) is 4.23. The van der Waals surface area contributed by atoms with E-state index in [1.165, 1.54) is 10.5 Å². The molecule has 2 aromatic carbocycles. The third kappa shape index (κ3) is 4.76. The molecule has 38 heavy (non-hydrogen) atoms. The summed E-state index contributed by atoms with van der Waals surface area (Å²) in [4.78, 5) is 49.3. The van der Waals surface area contributed by atoms with Gasteiger partial charge in [0.2, 0.25) is 0 Å². The normalized spacial score (nSPS) is 11.7. The van der Waals surface area contributed by atoms with E-state index in [1.807, 2.05) is 50.2 Å². The highest BCUT2D eigenvalue weighted by molar-refractivity contribution is 5.97. The molecule has 0 bridgehead atoms. The lowest BCUT2D eigenvalue weighted by Crippen LogP contribution is -2.33. The molecular weight excluding hydrogens is 480 g/mol. The number of ether oxygens (including phenoxy) is 1. The number of hydrogen-bond donors (Lipinski definition) is 0. The molecule has 0 radical (unpaired) electrons. The van der Waals surface area contributed by atoms with Gasteiger partial charge in [-0.1, -0.05) is 53.6 Å². The summed E-state index contributed by atoms with van der Waals surface area (Å²) < 4.78 is 8.39. The molecule has 0 spiro atoms. The molecule has 3 heterocycles. The standard InChI is InChI=1S/C30H26N4O4/c1-4-38-30(37)24-17-23-26(31-25-12-8-9-13-33(25)29(23)36)34(18-21-10-6-5-7-11-21)27(24)32-28(35)22-15-19(2)14-20(3)16-22/h5-17H,4,18H2,1-3H3. The van der Waals surface area contributed by atoms with Crippen LogP contribution in [0, 0.1) is 13.8 Å². The number of amides is 1. The first-order chi connectivity index (χ1) is 18.4. The topological polar surface area (TPSA) is 95.0 Å². The van der Waals surface area contributed by atoms with Gasteiger partial charge in [-0.25, -0.2) is 9.78 Å². The van der Waals surface area contributed by atoms with Gasteiger partial charge in [-0.15, -0.1) is 0 Å². The maximum absolute atomic E-state index is 13.5. The Morgan fingerprint density at radius 1 is 0.947 bits per heavy atom. The summed E-state index contributed by atoms with van der Waals surface area (Å²) in [5.41, 5.74) is 3.62. The third-order valence-electron chi connectivity index (χ3n) is 6.14. The maximum atomic E-state index is 13.5. The minimum Gasteiger partial charge on any atom is -0.462 e. The number of carbonyl (C=O) groups is 2. The van der Waals surface area contributed by atoms with E-state index in [0.29, 0.717) is 16.9 Å².